The molecule has 7 heteroatoms. The molecule has 0 atom stereocenters. The first kappa shape index (κ1) is 15.8. The van der Waals surface area contributed by atoms with Crippen molar-refractivity contribution in [3.05, 3.63) is 48.7 Å². The minimum absolute atomic E-state index is 0.281. The molecule has 0 saturated heterocycles. The first-order valence-corrected chi connectivity index (χ1v) is 7.90. The molecule has 3 aromatic rings. The zero-order valence-electron chi connectivity index (χ0n) is 13.7. The van der Waals surface area contributed by atoms with Crippen LogP contribution in [0.15, 0.2) is 58.9 Å². The summed E-state index contributed by atoms with van der Waals surface area (Å²) in [4.78, 5) is 10.8. The highest BCUT2D eigenvalue weighted by Crippen LogP contribution is 2.21. The van der Waals surface area contributed by atoms with Crippen molar-refractivity contribution in [2.45, 2.75) is 13.8 Å². The first-order chi connectivity index (χ1) is 11.8. The van der Waals surface area contributed by atoms with Crippen molar-refractivity contribution in [3.63, 3.8) is 0 Å². The van der Waals surface area contributed by atoms with Gasteiger partial charge in [-0.2, -0.15) is 4.98 Å². The highest BCUT2D eigenvalue weighted by Gasteiger charge is 2.05. The van der Waals surface area contributed by atoms with Crippen molar-refractivity contribution in [2.75, 3.05) is 18.0 Å². The number of hydrogen-bond donors (Lipinski definition) is 1. The molecular formula is C17H19N7. The van der Waals surface area contributed by atoms with Crippen molar-refractivity contribution < 1.29 is 0 Å². The molecule has 0 aliphatic heterocycles. The Labute approximate surface area is 140 Å². The third kappa shape index (κ3) is 3.62. The smallest absolute Gasteiger partial charge is 0.287 e. The van der Waals surface area contributed by atoms with Crippen LogP contribution in [-0.4, -0.2) is 33.3 Å². The number of rotatable bonds is 6. The Morgan fingerprint density at radius 1 is 1.00 bits per heavy atom. The summed E-state index contributed by atoms with van der Waals surface area (Å²) in [6, 6.07) is 13.5. The monoisotopic (exact) mass is 321 g/mol. The lowest BCUT2D eigenvalue weighted by Crippen LogP contribution is -2.21. The van der Waals surface area contributed by atoms with E-state index in [9.17, 15) is 0 Å². The molecule has 0 fully saturated rings. The number of aromatic nitrogens is 4. The number of aromatic amines is 1. The van der Waals surface area contributed by atoms with Crippen molar-refractivity contribution in [2.24, 2.45) is 10.2 Å². The van der Waals surface area contributed by atoms with E-state index in [1.54, 1.807) is 6.20 Å². The van der Waals surface area contributed by atoms with Gasteiger partial charge in [0.25, 0.3) is 5.95 Å². The van der Waals surface area contributed by atoms with E-state index in [-0.39, 0.29) is 5.95 Å². The molecule has 1 aromatic carbocycles. The minimum atomic E-state index is 0.281. The van der Waals surface area contributed by atoms with Crippen LogP contribution in [0.5, 0.6) is 0 Å². The van der Waals surface area contributed by atoms with Crippen LogP contribution < -0.4 is 4.90 Å². The number of hydrogen-bond acceptors (Lipinski definition) is 6. The molecule has 24 heavy (non-hydrogen) atoms. The molecule has 0 radical (unpaired) electrons. The predicted molar refractivity (Wildman–Crippen MR) is 93.8 cm³/mol. The van der Waals surface area contributed by atoms with Gasteiger partial charge in [0.1, 0.15) is 5.69 Å². The Morgan fingerprint density at radius 2 is 1.79 bits per heavy atom. The molecule has 0 bridgehead atoms. The van der Waals surface area contributed by atoms with Gasteiger partial charge in [-0.1, -0.05) is 6.07 Å². The summed E-state index contributed by atoms with van der Waals surface area (Å²) in [5.41, 5.74) is 2.65. The quantitative estimate of drug-likeness (QED) is 0.692. The van der Waals surface area contributed by atoms with Gasteiger partial charge in [0.15, 0.2) is 5.82 Å². The summed E-state index contributed by atoms with van der Waals surface area (Å²) in [5, 5.41) is 15.1. The Balaban J connectivity index is 1.71. The van der Waals surface area contributed by atoms with E-state index in [0.29, 0.717) is 5.82 Å². The van der Waals surface area contributed by atoms with Crippen LogP contribution in [0, 0.1) is 0 Å². The lowest BCUT2D eigenvalue weighted by Gasteiger charge is -2.20. The fourth-order valence-electron chi connectivity index (χ4n) is 2.34. The van der Waals surface area contributed by atoms with Crippen molar-refractivity contribution >= 4 is 17.3 Å². The van der Waals surface area contributed by atoms with Crippen LogP contribution in [0.25, 0.3) is 11.5 Å². The normalized spacial score (nSPS) is 11.1. The number of anilines is 1. The second-order valence-corrected chi connectivity index (χ2v) is 5.09. The summed E-state index contributed by atoms with van der Waals surface area (Å²) in [7, 11) is 0. The van der Waals surface area contributed by atoms with E-state index in [4.69, 9.17) is 0 Å². The molecule has 1 N–H and O–H groups in total. The van der Waals surface area contributed by atoms with Gasteiger partial charge in [0.2, 0.25) is 0 Å². The second-order valence-electron chi connectivity index (χ2n) is 5.09. The Kier molecular flexibility index (Phi) is 4.90. The van der Waals surface area contributed by atoms with E-state index < -0.39 is 0 Å². The zero-order chi connectivity index (χ0) is 16.8. The molecule has 7 nitrogen and oxygen atoms in total. The minimum Gasteiger partial charge on any atom is -0.372 e. The Hall–Kier alpha value is -3.09. The third-order valence-corrected chi connectivity index (χ3v) is 3.61. The van der Waals surface area contributed by atoms with Crippen molar-refractivity contribution in [1.29, 1.82) is 0 Å². The number of benzene rings is 1. The van der Waals surface area contributed by atoms with E-state index in [1.807, 2.05) is 42.5 Å². The van der Waals surface area contributed by atoms with E-state index in [0.717, 1.165) is 24.5 Å². The van der Waals surface area contributed by atoms with Gasteiger partial charge in [-0.15, -0.1) is 15.3 Å². The summed E-state index contributed by atoms with van der Waals surface area (Å²) in [6.45, 7) is 6.23. The third-order valence-electron chi connectivity index (χ3n) is 3.61. The lowest BCUT2D eigenvalue weighted by atomic mass is 10.2. The fraction of sp³-hybridized carbons (Fsp3) is 0.235. The van der Waals surface area contributed by atoms with Gasteiger partial charge in [-0.05, 0) is 50.2 Å². The molecular weight excluding hydrogens is 302 g/mol. The number of azo groups is 1. The van der Waals surface area contributed by atoms with Crippen LogP contribution >= 0.6 is 0 Å². The molecule has 0 saturated carbocycles. The van der Waals surface area contributed by atoms with Gasteiger partial charge in [0, 0.05) is 25.0 Å². The molecule has 122 valence electrons. The van der Waals surface area contributed by atoms with E-state index in [1.165, 1.54) is 5.69 Å². The highest BCUT2D eigenvalue weighted by atomic mass is 15.3. The summed E-state index contributed by atoms with van der Waals surface area (Å²) in [6.07, 6.45) is 1.70. The van der Waals surface area contributed by atoms with Crippen LogP contribution in [0.2, 0.25) is 0 Å². The molecule has 0 aliphatic carbocycles. The van der Waals surface area contributed by atoms with Gasteiger partial charge in [0.05, 0.1) is 5.69 Å². The maximum Gasteiger partial charge on any atom is 0.287 e. The molecule has 2 aromatic heterocycles. The van der Waals surface area contributed by atoms with Crippen LogP contribution in [0.3, 0.4) is 0 Å². The lowest BCUT2D eigenvalue weighted by molar-refractivity contribution is 0.866. The zero-order valence-corrected chi connectivity index (χ0v) is 13.7. The van der Waals surface area contributed by atoms with Crippen LogP contribution in [-0.2, 0) is 0 Å². The summed E-state index contributed by atoms with van der Waals surface area (Å²) >= 11 is 0. The Bertz CT molecular complexity index is 789. The second kappa shape index (κ2) is 7.45. The van der Waals surface area contributed by atoms with Crippen LogP contribution in [0.4, 0.5) is 17.3 Å². The maximum atomic E-state index is 4.27. The van der Waals surface area contributed by atoms with Gasteiger partial charge in [-0.3, -0.25) is 10.1 Å². The fourth-order valence-corrected chi connectivity index (χ4v) is 2.34. The largest absolute Gasteiger partial charge is 0.372 e. The standard InChI is InChI=1S/C17H19N7/c1-3-24(4-2)14-10-8-13(9-11-14)20-22-17-19-16(21-23-17)15-7-5-6-12-18-15/h5-12H,3-4H2,1-2H3,(H,19,21,23). The van der Waals surface area contributed by atoms with Gasteiger partial charge < -0.3 is 4.90 Å². The highest BCUT2D eigenvalue weighted by molar-refractivity contribution is 5.53. The van der Waals surface area contributed by atoms with Gasteiger partial charge in [-0.25, -0.2) is 0 Å². The molecule has 3 rings (SSSR count). The van der Waals surface area contributed by atoms with Crippen molar-refractivity contribution in [1.82, 2.24) is 20.2 Å². The number of nitrogens with zero attached hydrogens (tertiary/aromatic N) is 6. The van der Waals surface area contributed by atoms with Crippen LogP contribution in [0.1, 0.15) is 13.8 Å². The van der Waals surface area contributed by atoms with E-state index in [2.05, 4.69) is 49.1 Å². The average Bonchev–Trinajstić information content (AvgIpc) is 3.12. The maximum absolute atomic E-state index is 4.27. The number of nitrogens with one attached hydrogen (secondary N) is 1. The molecule has 0 spiro atoms. The SMILES string of the molecule is CCN(CC)c1ccc(N=Nc2n[nH]c(-c3ccccn3)n2)cc1. The van der Waals surface area contributed by atoms with Crippen molar-refractivity contribution in [3.8, 4) is 11.5 Å². The molecule has 0 amide bonds. The average molecular weight is 321 g/mol. The first-order valence-electron chi connectivity index (χ1n) is 7.90. The van der Waals surface area contributed by atoms with Gasteiger partial charge >= 0.3 is 0 Å². The summed E-state index contributed by atoms with van der Waals surface area (Å²) < 4.78 is 0. The summed E-state index contributed by atoms with van der Waals surface area (Å²) in [5.74, 6) is 0.852. The number of H-pyrrole nitrogens is 1. The molecule has 2 heterocycles. The van der Waals surface area contributed by atoms with E-state index >= 15 is 0 Å². The Morgan fingerprint density at radius 3 is 2.46 bits per heavy atom. The number of pyridine rings is 1. The molecule has 0 unspecified atom stereocenters. The predicted octanol–water partition coefficient (Wildman–Crippen LogP) is 4.13. The topological polar surface area (TPSA) is 82.4 Å². The molecule has 0 aliphatic rings.